The van der Waals surface area contributed by atoms with Gasteiger partial charge in [-0.3, -0.25) is 9.79 Å². The van der Waals surface area contributed by atoms with Crippen molar-refractivity contribution in [2.24, 2.45) is 22.6 Å². The number of methoxy groups -OCH3 is 1. The zero-order chi connectivity index (χ0) is 23.2. The molecule has 0 saturated heterocycles. The van der Waals surface area contributed by atoms with Crippen LogP contribution in [0.1, 0.15) is 42.2 Å². The largest absolute Gasteiger partial charge is 0.476 e. The van der Waals surface area contributed by atoms with Crippen LogP contribution in [-0.4, -0.2) is 46.1 Å². The molecule has 1 aromatic heterocycles. The highest BCUT2D eigenvalue weighted by atomic mass is 32.2. The first kappa shape index (κ1) is 22.1. The van der Waals surface area contributed by atoms with Crippen molar-refractivity contribution in [1.29, 1.82) is 0 Å². The molecule has 3 N–H and O–H groups in total. The molecule has 2 heterocycles. The topological polar surface area (TPSA) is 112 Å². The number of benzene rings is 1. The van der Waals surface area contributed by atoms with Gasteiger partial charge in [-0.15, -0.1) is 0 Å². The number of amides is 1. The zero-order valence-corrected chi connectivity index (χ0v) is 19.3. The molecule has 33 heavy (non-hydrogen) atoms. The molecule has 0 spiro atoms. The predicted octanol–water partition coefficient (Wildman–Crippen LogP) is 3.34. The number of nitrogens with zero attached hydrogens (tertiary/aromatic N) is 3. The number of thioether (sulfide) groups is 1. The number of carbonyl (C=O) groups is 1. The first-order valence-electron chi connectivity index (χ1n) is 10.9. The van der Waals surface area contributed by atoms with Gasteiger partial charge in [0.25, 0.3) is 5.91 Å². The van der Waals surface area contributed by atoms with Crippen LogP contribution in [0.5, 0.6) is 5.88 Å². The molecule has 10 heteroatoms. The predicted molar refractivity (Wildman–Crippen MR) is 124 cm³/mol. The molecule has 2 saturated carbocycles. The summed E-state index contributed by atoms with van der Waals surface area (Å²) in [5, 5.41) is 3.19. The second-order valence-electron chi connectivity index (χ2n) is 9.10. The number of aromatic nitrogens is 2. The highest BCUT2D eigenvalue weighted by Crippen LogP contribution is 2.66. The number of carbonyl (C=O) groups excluding carboxylic acids is 1. The Kier molecular flexibility index (Phi) is 5.52. The number of nitrogens with two attached hydrogens (primary N) is 1. The van der Waals surface area contributed by atoms with Crippen LogP contribution < -0.4 is 15.8 Å². The Balaban J connectivity index is 1.33. The van der Waals surface area contributed by atoms with Gasteiger partial charge in [-0.2, -0.15) is 0 Å². The van der Waals surface area contributed by atoms with Gasteiger partial charge in [0, 0.05) is 24.3 Å². The molecule has 8 nitrogen and oxygen atoms in total. The fraction of sp³-hybridized carbons (Fsp3) is 0.478. The number of fused-ring (bicyclic) bond motifs is 1. The lowest BCUT2D eigenvalue weighted by atomic mass is 9.85. The SMILES string of the molecule is COC[C@]12CC1[C@@](C)(c1cc(NC(=O)c3cnc(OCC4CC4)cn3)ccc1F)N=C(N)S2. The van der Waals surface area contributed by atoms with Crippen LogP contribution in [0, 0.1) is 17.7 Å². The van der Waals surface area contributed by atoms with Crippen molar-refractivity contribution >= 4 is 28.5 Å². The van der Waals surface area contributed by atoms with Gasteiger partial charge < -0.3 is 20.5 Å². The fourth-order valence-electron chi connectivity index (χ4n) is 4.51. The summed E-state index contributed by atoms with van der Waals surface area (Å²) < 4.78 is 25.7. The van der Waals surface area contributed by atoms with Crippen molar-refractivity contribution in [3.8, 4) is 5.88 Å². The summed E-state index contributed by atoms with van der Waals surface area (Å²) in [6.07, 6.45) is 5.99. The maximum absolute atomic E-state index is 15.0. The van der Waals surface area contributed by atoms with E-state index >= 15 is 0 Å². The van der Waals surface area contributed by atoms with Crippen LogP contribution in [0.4, 0.5) is 10.1 Å². The van der Waals surface area contributed by atoms with E-state index in [1.54, 1.807) is 13.2 Å². The number of anilines is 1. The summed E-state index contributed by atoms with van der Waals surface area (Å²) >= 11 is 1.50. The summed E-state index contributed by atoms with van der Waals surface area (Å²) in [7, 11) is 1.65. The van der Waals surface area contributed by atoms with E-state index < -0.39 is 17.3 Å². The van der Waals surface area contributed by atoms with E-state index in [4.69, 9.17) is 15.2 Å². The maximum atomic E-state index is 15.0. The van der Waals surface area contributed by atoms with Gasteiger partial charge in [0.1, 0.15) is 11.5 Å². The summed E-state index contributed by atoms with van der Waals surface area (Å²) in [6.45, 7) is 3.03. The Labute approximate surface area is 195 Å². The van der Waals surface area contributed by atoms with Crippen LogP contribution in [0.25, 0.3) is 0 Å². The molecule has 2 aliphatic carbocycles. The number of nitrogens with one attached hydrogen (secondary N) is 1. The van der Waals surface area contributed by atoms with Crippen LogP contribution in [0.15, 0.2) is 35.6 Å². The summed E-state index contributed by atoms with van der Waals surface area (Å²) in [6, 6.07) is 4.47. The fourth-order valence-corrected chi connectivity index (χ4v) is 5.96. The van der Waals surface area contributed by atoms with Crippen molar-refractivity contribution in [3.05, 3.63) is 47.7 Å². The monoisotopic (exact) mass is 471 g/mol. The van der Waals surface area contributed by atoms with Gasteiger partial charge in [0.15, 0.2) is 5.17 Å². The van der Waals surface area contributed by atoms with Gasteiger partial charge in [-0.1, -0.05) is 11.8 Å². The van der Waals surface area contributed by atoms with Crippen molar-refractivity contribution < 1.29 is 18.7 Å². The number of halogens is 1. The van der Waals surface area contributed by atoms with E-state index in [0.717, 1.165) is 6.42 Å². The Morgan fingerprint density at radius 2 is 2.15 bits per heavy atom. The van der Waals surface area contributed by atoms with Crippen molar-refractivity contribution in [2.75, 3.05) is 25.6 Å². The van der Waals surface area contributed by atoms with Crippen molar-refractivity contribution in [2.45, 2.75) is 36.5 Å². The molecular weight excluding hydrogens is 445 g/mol. The standard InChI is InChI=1S/C23H26FN5O3S/c1-22(18-8-23(18,12-31-2)33-21(25)29-22)15-7-14(5-6-16(15)24)28-20(30)17-9-27-19(10-26-17)32-11-13-3-4-13/h5-7,9-10,13,18H,3-4,8,11-12H2,1-2H3,(H2,25,29)(H,28,30)/t18?,22-,23-/m1/s1. The Morgan fingerprint density at radius 1 is 1.33 bits per heavy atom. The summed E-state index contributed by atoms with van der Waals surface area (Å²) in [4.78, 5) is 25.6. The molecule has 174 valence electrons. The van der Waals surface area contributed by atoms with Crippen LogP contribution in [0.3, 0.4) is 0 Å². The molecule has 3 aliphatic rings. The minimum atomic E-state index is -0.848. The van der Waals surface area contributed by atoms with Crippen LogP contribution in [0.2, 0.25) is 0 Å². The lowest BCUT2D eigenvalue weighted by molar-refractivity contribution is 0.102. The number of rotatable bonds is 8. The molecule has 2 fully saturated rings. The lowest BCUT2D eigenvalue weighted by Crippen LogP contribution is -2.37. The number of hydrogen-bond acceptors (Lipinski definition) is 8. The third-order valence-corrected chi connectivity index (χ3v) is 7.81. The number of hydrogen-bond donors (Lipinski definition) is 2. The second-order valence-corrected chi connectivity index (χ2v) is 10.5. The quantitative estimate of drug-likeness (QED) is 0.607. The molecule has 1 aliphatic heterocycles. The first-order chi connectivity index (χ1) is 15.8. The molecule has 1 aromatic carbocycles. The van der Waals surface area contributed by atoms with E-state index in [2.05, 4.69) is 20.3 Å². The normalized spacial score (nSPS) is 28.0. The number of amidine groups is 1. The molecule has 3 atom stereocenters. The number of ether oxygens (including phenoxy) is 2. The van der Waals surface area contributed by atoms with Crippen LogP contribution in [-0.2, 0) is 10.3 Å². The van der Waals surface area contributed by atoms with E-state index in [-0.39, 0.29) is 16.4 Å². The van der Waals surface area contributed by atoms with E-state index in [9.17, 15) is 9.18 Å². The lowest BCUT2D eigenvalue weighted by Gasteiger charge is -2.34. The van der Waals surface area contributed by atoms with Crippen molar-refractivity contribution in [1.82, 2.24) is 9.97 Å². The Morgan fingerprint density at radius 3 is 2.85 bits per heavy atom. The molecule has 5 rings (SSSR count). The van der Waals surface area contributed by atoms with Crippen LogP contribution >= 0.6 is 11.8 Å². The first-order valence-corrected chi connectivity index (χ1v) is 11.7. The van der Waals surface area contributed by atoms with Crippen molar-refractivity contribution in [3.63, 3.8) is 0 Å². The van der Waals surface area contributed by atoms with Gasteiger partial charge in [-0.05, 0) is 50.3 Å². The second kappa shape index (κ2) is 8.25. The third kappa shape index (κ3) is 4.29. The van der Waals surface area contributed by atoms with Gasteiger partial charge in [0.2, 0.25) is 5.88 Å². The Hall–Kier alpha value is -2.72. The maximum Gasteiger partial charge on any atom is 0.275 e. The average Bonchev–Trinajstić information content (AvgIpc) is 3.70. The minimum absolute atomic E-state index is 0.0803. The Bertz CT molecular complexity index is 1110. The highest BCUT2D eigenvalue weighted by Gasteiger charge is 2.66. The molecule has 0 radical (unpaired) electrons. The summed E-state index contributed by atoms with van der Waals surface area (Å²) in [5.74, 6) is 0.235. The molecule has 1 unspecified atom stereocenters. The zero-order valence-electron chi connectivity index (χ0n) is 18.5. The molecular formula is C23H26FN5O3S. The number of aliphatic imine (C=N–C) groups is 1. The minimum Gasteiger partial charge on any atom is -0.476 e. The van der Waals surface area contributed by atoms with Gasteiger partial charge >= 0.3 is 0 Å². The smallest absolute Gasteiger partial charge is 0.275 e. The van der Waals surface area contributed by atoms with E-state index in [0.29, 0.717) is 41.4 Å². The highest BCUT2D eigenvalue weighted by molar-refractivity contribution is 8.15. The van der Waals surface area contributed by atoms with E-state index in [1.807, 2.05) is 6.92 Å². The molecule has 2 aromatic rings. The average molecular weight is 472 g/mol. The third-order valence-electron chi connectivity index (χ3n) is 6.54. The summed E-state index contributed by atoms with van der Waals surface area (Å²) in [5.41, 5.74) is 6.25. The van der Waals surface area contributed by atoms with Gasteiger partial charge in [-0.25, -0.2) is 14.4 Å². The molecule has 0 bridgehead atoms. The molecule has 1 amide bonds. The van der Waals surface area contributed by atoms with Gasteiger partial charge in [0.05, 0.1) is 35.9 Å². The van der Waals surface area contributed by atoms with E-state index in [1.165, 1.54) is 49.1 Å².